The van der Waals surface area contributed by atoms with Gasteiger partial charge in [0, 0.05) is 30.8 Å². The Balaban J connectivity index is 1.71. The molecule has 8 nitrogen and oxygen atoms in total. The highest BCUT2D eigenvalue weighted by Crippen LogP contribution is 2.35. The lowest BCUT2D eigenvalue weighted by Crippen LogP contribution is -2.21. The van der Waals surface area contributed by atoms with E-state index in [1.54, 1.807) is 22.8 Å². The number of hydrogen-bond acceptors (Lipinski definition) is 7. The number of imidazole rings is 1. The van der Waals surface area contributed by atoms with Crippen LogP contribution in [0.25, 0.3) is 26.8 Å². The van der Waals surface area contributed by atoms with Crippen molar-refractivity contribution in [3.05, 3.63) is 53.9 Å². The van der Waals surface area contributed by atoms with Crippen molar-refractivity contribution in [3.63, 3.8) is 0 Å². The molecule has 4 rings (SSSR count). The lowest BCUT2D eigenvalue weighted by atomic mass is 10.1. The molecule has 0 spiro atoms. The molecule has 3 heterocycles. The lowest BCUT2D eigenvalue weighted by molar-refractivity contribution is 0.0180. The van der Waals surface area contributed by atoms with Crippen LogP contribution in [0.4, 0.5) is 14.6 Å². The van der Waals surface area contributed by atoms with Crippen molar-refractivity contribution >= 4 is 32.1 Å². The van der Waals surface area contributed by atoms with Crippen molar-refractivity contribution < 1.29 is 17.2 Å². The SMILES string of the molecule is CC(F)(F)c1cc(-c2cnc3sc(-c4cccc(CNS(C)(=O)=O)c4)nn23)cnc1N. The summed E-state index contributed by atoms with van der Waals surface area (Å²) in [4.78, 5) is 8.80. The van der Waals surface area contributed by atoms with Gasteiger partial charge >= 0.3 is 0 Å². The quantitative estimate of drug-likeness (QED) is 0.453. The largest absolute Gasteiger partial charge is 0.383 e. The second-order valence-electron chi connectivity index (χ2n) is 7.08. The summed E-state index contributed by atoms with van der Waals surface area (Å²) in [5.41, 5.74) is 7.74. The number of aromatic nitrogens is 4. The first kappa shape index (κ1) is 21.3. The fourth-order valence-electron chi connectivity index (χ4n) is 3.00. The predicted molar refractivity (Wildman–Crippen MR) is 115 cm³/mol. The number of nitrogens with zero attached hydrogens (tertiary/aromatic N) is 4. The highest BCUT2D eigenvalue weighted by Gasteiger charge is 2.28. The maximum atomic E-state index is 13.9. The predicted octanol–water partition coefficient (Wildman–Crippen LogP) is 3.26. The van der Waals surface area contributed by atoms with Crippen molar-refractivity contribution in [1.82, 2.24) is 24.3 Å². The average Bonchev–Trinajstić information content (AvgIpc) is 3.27. The van der Waals surface area contributed by atoms with Gasteiger partial charge in [0.25, 0.3) is 5.92 Å². The van der Waals surface area contributed by atoms with Gasteiger partial charge in [0.1, 0.15) is 10.8 Å². The number of anilines is 1. The van der Waals surface area contributed by atoms with Gasteiger partial charge in [-0.2, -0.15) is 5.10 Å². The second kappa shape index (κ2) is 7.62. The van der Waals surface area contributed by atoms with E-state index in [4.69, 9.17) is 5.73 Å². The van der Waals surface area contributed by atoms with Crippen molar-refractivity contribution in [2.75, 3.05) is 12.0 Å². The normalized spacial score (nSPS) is 12.5. The van der Waals surface area contributed by atoms with Gasteiger partial charge in [-0.05, 0) is 17.7 Å². The first-order chi connectivity index (χ1) is 14.5. The van der Waals surface area contributed by atoms with E-state index in [0.717, 1.165) is 24.3 Å². The Hall–Kier alpha value is -2.96. The van der Waals surface area contributed by atoms with Crippen LogP contribution in [0.1, 0.15) is 18.1 Å². The van der Waals surface area contributed by atoms with Gasteiger partial charge in [-0.3, -0.25) is 0 Å². The molecule has 0 aliphatic rings. The van der Waals surface area contributed by atoms with Crippen molar-refractivity contribution in [3.8, 4) is 21.8 Å². The number of rotatable bonds is 6. The molecule has 162 valence electrons. The van der Waals surface area contributed by atoms with E-state index >= 15 is 0 Å². The molecule has 1 aromatic carbocycles. The zero-order chi connectivity index (χ0) is 22.4. The highest BCUT2D eigenvalue weighted by atomic mass is 32.2. The number of nitrogens with two attached hydrogens (primary N) is 1. The smallest absolute Gasteiger partial charge is 0.274 e. The van der Waals surface area contributed by atoms with Crippen molar-refractivity contribution in [2.24, 2.45) is 0 Å². The maximum absolute atomic E-state index is 13.9. The Kier molecular flexibility index (Phi) is 5.23. The lowest BCUT2D eigenvalue weighted by Gasteiger charge is -2.13. The third-order valence-electron chi connectivity index (χ3n) is 4.49. The van der Waals surface area contributed by atoms with Gasteiger partial charge in [0.05, 0.1) is 23.7 Å². The molecule has 0 aliphatic heterocycles. The van der Waals surface area contributed by atoms with E-state index in [-0.39, 0.29) is 17.9 Å². The molecule has 0 unspecified atom stereocenters. The first-order valence-electron chi connectivity index (χ1n) is 9.04. The molecule has 0 atom stereocenters. The molecule has 3 aromatic heterocycles. The molecule has 0 amide bonds. The Labute approximate surface area is 180 Å². The van der Waals surface area contributed by atoms with Crippen LogP contribution in [0.2, 0.25) is 0 Å². The van der Waals surface area contributed by atoms with Crippen LogP contribution in [-0.4, -0.2) is 34.3 Å². The summed E-state index contributed by atoms with van der Waals surface area (Å²) in [6, 6.07) is 8.58. The number of sulfonamides is 1. The molecule has 0 bridgehead atoms. The Bertz CT molecular complexity index is 1380. The molecule has 0 radical (unpaired) electrons. The summed E-state index contributed by atoms with van der Waals surface area (Å²) in [7, 11) is -3.31. The number of pyridine rings is 1. The van der Waals surface area contributed by atoms with Gasteiger partial charge in [0.15, 0.2) is 0 Å². The molecular formula is C19H18F2N6O2S2. The number of hydrogen-bond donors (Lipinski definition) is 2. The molecule has 0 aliphatic carbocycles. The van der Waals surface area contributed by atoms with Crippen LogP contribution in [0.3, 0.4) is 0 Å². The monoisotopic (exact) mass is 464 g/mol. The highest BCUT2D eigenvalue weighted by molar-refractivity contribution is 7.88. The number of halogens is 2. The minimum atomic E-state index is -3.31. The second-order valence-corrected chi connectivity index (χ2v) is 9.87. The summed E-state index contributed by atoms with van der Waals surface area (Å²) < 4.78 is 54.4. The van der Waals surface area contributed by atoms with Gasteiger partial charge < -0.3 is 5.73 Å². The van der Waals surface area contributed by atoms with Gasteiger partial charge in [-0.25, -0.2) is 36.4 Å². The topological polar surface area (TPSA) is 115 Å². The Morgan fingerprint density at radius 1 is 1.19 bits per heavy atom. The molecule has 3 N–H and O–H groups in total. The maximum Gasteiger partial charge on any atom is 0.274 e. The average molecular weight is 465 g/mol. The molecule has 12 heteroatoms. The molecule has 0 saturated carbocycles. The minimum Gasteiger partial charge on any atom is -0.383 e. The number of nitrogens with one attached hydrogen (secondary N) is 1. The Morgan fingerprint density at radius 3 is 2.68 bits per heavy atom. The molecule has 4 aromatic rings. The van der Waals surface area contributed by atoms with Crippen LogP contribution in [0.15, 0.2) is 42.7 Å². The van der Waals surface area contributed by atoms with Crippen LogP contribution in [0, 0.1) is 0 Å². The van der Waals surface area contributed by atoms with E-state index in [0.29, 0.717) is 21.2 Å². The van der Waals surface area contributed by atoms with Crippen LogP contribution >= 0.6 is 11.3 Å². The van der Waals surface area contributed by atoms with Crippen molar-refractivity contribution in [2.45, 2.75) is 19.4 Å². The standard InChI is InChI=1S/C19H18F2N6O2S2/c1-19(20,21)14-7-13(9-23-16(14)22)15-10-24-18-27(15)26-17(30-18)12-5-3-4-11(6-12)8-25-31(2,28)29/h3-7,9-10,25H,8H2,1-2H3,(H2,22,23). The zero-order valence-corrected chi connectivity index (χ0v) is 18.1. The molecule has 0 saturated heterocycles. The van der Waals surface area contributed by atoms with Gasteiger partial charge in [-0.15, -0.1) is 0 Å². The van der Waals surface area contributed by atoms with Gasteiger partial charge in [-0.1, -0.05) is 29.5 Å². The number of alkyl halides is 2. The van der Waals surface area contributed by atoms with E-state index in [1.807, 2.05) is 12.1 Å². The summed E-state index contributed by atoms with van der Waals surface area (Å²) >= 11 is 1.32. The van der Waals surface area contributed by atoms with Crippen molar-refractivity contribution in [1.29, 1.82) is 0 Å². The van der Waals surface area contributed by atoms with Gasteiger partial charge in [0.2, 0.25) is 15.0 Å². The number of nitrogen functional groups attached to an aromatic ring is 1. The van der Waals surface area contributed by atoms with Crippen LogP contribution in [0.5, 0.6) is 0 Å². The number of benzene rings is 1. The first-order valence-corrected chi connectivity index (χ1v) is 11.7. The minimum absolute atomic E-state index is 0.158. The van der Waals surface area contributed by atoms with Crippen LogP contribution < -0.4 is 10.5 Å². The Morgan fingerprint density at radius 2 is 1.97 bits per heavy atom. The summed E-state index contributed by atoms with van der Waals surface area (Å²) in [6.45, 7) is 0.925. The van der Waals surface area contributed by atoms with E-state index in [1.165, 1.54) is 23.6 Å². The molecular weight excluding hydrogens is 446 g/mol. The summed E-state index contributed by atoms with van der Waals surface area (Å²) in [5.74, 6) is -3.36. The summed E-state index contributed by atoms with van der Waals surface area (Å²) in [5, 5.41) is 5.22. The van der Waals surface area contributed by atoms with E-state index < -0.39 is 15.9 Å². The fraction of sp³-hybridized carbons (Fsp3) is 0.211. The van der Waals surface area contributed by atoms with Crippen LogP contribution in [-0.2, 0) is 22.5 Å². The zero-order valence-electron chi connectivity index (χ0n) is 16.5. The fourth-order valence-corrected chi connectivity index (χ4v) is 4.30. The van der Waals surface area contributed by atoms with E-state index in [2.05, 4.69) is 19.8 Å². The third-order valence-corrected chi connectivity index (χ3v) is 6.13. The summed E-state index contributed by atoms with van der Waals surface area (Å²) in [6.07, 6.45) is 4.05. The molecule has 31 heavy (non-hydrogen) atoms. The molecule has 0 fully saturated rings. The third kappa shape index (κ3) is 4.55. The van der Waals surface area contributed by atoms with E-state index in [9.17, 15) is 17.2 Å². The number of fused-ring (bicyclic) bond motifs is 1.